The molecule has 2 fully saturated rings. The van der Waals surface area contributed by atoms with Crippen molar-refractivity contribution in [3.8, 4) is 0 Å². The van der Waals surface area contributed by atoms with Crippen molar-refractivity contribution in [3.63, 3.8) is 0 Å². The number of benzene rings is 1. The third kappa shape index (κ3) is 8.83. The van der Waals surface area contributed by atoms with Gasteiger partial charge in [0.25, 0.3) is 0 Å². The lowest BCUT2D eigenvalue weighted by Gasteiger charge is -2.32. The summed E-state index contributed by atoms with van der Waals surface area (Å²) >= 11 is 1.57. The summed E-state index contributed by atoms with van der Waals surface area (Å²) in [5.41, 5.74) is 2.70. The molecule has 2 aromatic rings. The highest BCUT2D eigenvalue weighted by Crippen LogP contribution is 2.28. The minimum atomic E-state index is -0.736. The molecule has 3 N–H and O–H groups in total. The molecule has 1 aromatic heterocycles. The Kier molecular flexibility index (Phi) is 11.3. The maximum absolute atomic E-state index is 13.7. The number of rotatable bonds is 13. The zero-order chi connectivity index (χ0) is 29.4. The highest BCUT2D eigenvalue weighted by Gasteiger charge is 2.31. The Balaban J connectivity index is 1.40. The van der Waals surface area contributed by atoms with E-state index in [1.54, 1.807) is 18.3 Å². The molecule has 1 aliphatic heterocycles. The molecule has 9 nitrogen and oxygen atoms in total. The minimum Gasteiger partial charge on any atom is -0.350 e. The normalized spacial score (nSPS) is 18.2. The molecule has 10 heteroatoms. The Morgan fingerprint density at radius 2 is 1.83 bits per heavy atom. The minimum absolute atomic E-state index is 0.169. The summed E-state index contributed by atoms with van der Waals surface area (Å²) in [6, 6.07) is 5.29. The molecule has 0 radical (unpaired) electrons. The molecule has 0 spiro atoms. The Bertz CT molecular complexity index is 1220. The van der Waals surface area contributed by atoms with Crippen LogP contribution in [0.5, 0.6) is 0 Å². The number of hydrogen-bond donors (Lipinski definition) is 3. The summed E-state index contributed by atoms with van der Waals surface area (Å²) in [5, 5.41) is 9.98. The molecule has 1 saturated heterocycles. The number of nitrogens with one attached hydrogen (secondary N) is 3. The van der Waals surface area contributed by atoms with Gasteiger partial charge in [0, 0.05) is 63.7 Å². The highest BCUT2D eigenvalue weighted by molar-refractivity contribution is 7.18. The van der Waals surface area contributed by atoms with E-state index in [9.17, 15) is 14.4 Å². The molecule has 1 unspecified atom stereocenters. The van der Waals surface area contributed by atoms with Crippen LogP contribution in [0.4, 0.5) is 0 Å². The van der Waals surface area contributed by atoms with E-state index in [4.69, 9.17) is 4.98 Å². The molecule has 2 aliphatic rings. The van der Waals surface area contributed by atoms with Gasteiger partial charge in [-0.15, -0.1) is 11.3 Å². The molecule has 1 aliphatic carbocycles. The van der Waals surface area contributed by atoms with E-state index in [1.165, 1.54) is 5.56 Å². The fourth-order valence-corrected chi connectivity index (χ4v) is 6.73. The van der Waals surface area contributed by atoms with Gasteiger partial charge < -0.3 is 20.9 Å². The summed E-state index contributed by atoms with van der Waals surface area (Å²) in [6.07, 6.45) is 5.80. The summed E-state index contributed by atoms with van der Waals surface area (Å²) in [7, 11) is 2.11. The molecular formula is C31H46N6O3S. The number of aromatic nitrogens is 1. The summed E-state index contributed by atoms with van der Waals surface area (Å²) in [5.74, 6) is -0.298. The number of piperazine rings is 1. The number of thiazole rings is 1. The average Bonchev–Trinajstić information content (AvgIpc) is 3.65. The molecule has 2 atom stereocenters. The van der Waals surface area contributed by atoms with Crippen molar-refractivity contribution in [1.82, 2.24) is 30.7 Å². The van der Waals surface area contributed by atoms with Crippen molar-refractivity contribution in [2.45, 2.75) is 70.9 Å². The molecule has 1 aromatic carbocycles. The van der Waals surface area contributed by atoms with Crippen molar-refractivity contribution in [1.29, 1.82) is 0 Å². The first-order valence-electron chi connectivity index (χ1n) is 15.1. The first-order chi connectivity index (χ1) is 19.7. The molecule has 0 bridgehead atoms. The maximum atomic E-state index is 13.7. The number of amides is 3. The van der Waals surface area contributed by atoms with Gasteiger partial charge >= 0.3 is 0 Å². The number of aryl methyl sites for hydroxylation is 1. The van der Waals surface area contributed by atoms with Crippen LogP contribution in [-0.2, 0) is 27.2 Å². The monoisotopic (exact) mass is 582 g/mol. The van der Waals surface area contributed by atoms with Crippen LogP contribution >= 0.6 is 11.3 Å². The first kappa shape index (κ1) is 31.1. The number of fused-ring (bicyclic) bond motifs is 1. The summed E-state index contributed by atoms with van der Waals surface area (Å²) < 4.78 is 1.09. The molecule has 1 saturated carbocycles. The van der Waals surface area contributed by atoms with Gasteiger partial charge in [0.2, 0.25) is 17.7 Å². The van der Waals surface area contributed by atoms with Gasteiger partial charge in [0.15, 0.2) is 0 Å². The van der Waals surface area contributed by atoms with E-state index in [2.05, 4.69) is 58.4 Å². The lowest BCUT2D eigenvalue weighted by molar-refractivity contribution is -0.129. The smallest absolute Gasteiger partial charge is 0.247 e. The zero-order valence-corrected chi connectivity index (χ0v) is 25.7. The Morgan fingerprint density at radius 1 is 1.10 bits per heavy atom. The standard InChI is InChI=1S/C31H46N6O3S/c1-5-22-11-12-24-27(17-22)41-29(34-24)18-25(33-28(38)6-2)31(40)35-26(23-9-7-8-10-23)19-32-30(39)21(3)20-37-15-13-36(4)14-16-37/h11-12,17,23,25-26H,3,5-10,13-16,18-20H2,1-2,4H3,(H,32,39)(H,33,38)(H,35,40)/t25-,26?/m0/s1. The van der Waals surface area contributed by atoms with Gasteiger partial charge in [-0.2, -0.15) is 0 Å². The van der Waals surface area contributed by atoms with Gasteiger partial charge in [-0.1, -0.05) is 39.3 Å². The fraction of sp³-hybridized carbons (Fsp3) is 0.613. The van der Waals surface area contributed by atoms with Crippen molar-refractivity contribution in [2.24, 2.45) is 5.92 Å². The van der Waals surface area contributed by atoms with Crippen LogP contribution in [0.3, 0.4) is 0 Å². The van der Waals surface area contributed by atoms with Crippen LogP contribution in [0.1, 0.15) is 56.5 Å². The van der Waals surface area contributed by atoms with Crippen molar-refractivity contribution in [2.75, 3.05) is 46.3 Å². The van der Waals surface area contributed by atoms with E-state index in [-0.39, 0.29) is 29.7 Å². The van der Waals surface area contributed by atoms with E-state index >= 15 is 0 Å². The van der Waals surface area contributed by atoms with E-state index in [0.717, 1.165) is 73.5 Å². The van der Waals surface area contributed by atoms with Crippen molar-refractivity contribution in [3.05, 3.63) is 40.9 Å². The number of hydrogen-bond acceptors (Lipinski definition) is 7. The van der Waals surface area contributed by atoms with Crippen LogP contribution in [-0.4, -0.2) is 90.9 Å². The third-order valence-electron chi connectivity index (χ3n) is 8.37. The van der Waals surface area contributed by atoms with E-state index in [1.807, 2.05) is 6.07 Å². The second-order valence-corrected chi connectivity index (χ2v) is 12.6. The van der Waals surface area contributed by atoms with Crippen LogP contribution in [0, 0.1) is 5.92 Å². The van der Waals surface area contributed by atoms with E-state index < -0.39 is 6.04 Å². The zero-order valence-electron chi connectivity index (χ0n) is 24.8. The summed E-state index contributed by atoms with van der Waals surface area (Å²) in [4.78, 5) is 48.3. The topological polar surface area (TPSA) is 107 Å². The van der Waals surface area contributed by atoms with Crippen molar-refractivity contribution >= 4 is 39.3 Å². The molecule has 4 rings (SSSR count). The van der Waals surface area contributed by atoms with Gasteiger partial charge in [-0.25, -0.2) is 4.98 Å². The molecule has 224 valence electrons. The van der Waals surface area contributed by atoms with Crippen molar-refractivity contribution < 1.29 is 14.4 Å². The van der Waals surface area contributed by atoms with Gasteiger partial charge in [-0.05, 0) is 49.9 Å². The predicted octanol–water partition coefficient (Wildman–Crippen LogP) is 2.89. The van der Waals surface area contributed by atoms with Gasteiger partial charge in [0.05, 0.1) is 15.2 Å². The lowest BCUT2D eigenvalue weighted by Crippen LogP contribution is -2.55. The molecule has 2 heterocycles. The summed E-state index contributed by atoms with van der Waals surface area (Å²) in [6.45, 7) is 12.6. The average molecular weight is 583 g/mol. The first-order valence-corrected chi connectivity index (χ1v) is 15.9. The quantitative estimate of drug-likeness (QED) is 0.314. The van der Waals surface area contributed by atoms with Gasteiger partial charge in [0.1, 0.15) is 6.04 Å². The van der Waals surface area contributed by atoms with E-state index in [0.29, 0.717) is 31.5 Å². The number of carbonyl (C=O) groups is 3. The van der Waals surface area contributed by atoms with Crippen LogP contribution < -0.4 is 16.0 Å². The SMILES string of the molecule is C=C(CN1CCN(C)CC1)C(=O)NCC(NC(=O)[C@H](Cc1nc2ccc(CC)cc2s1)NC(=O)CC)C1CCCC1. The fourth-order valence-electron chi connectivity index (χ4n) is 5.66. The van der Waals surface area contributed by atoms with Crippen LogP contribution in [0.25, 0.3) is 10.2 Å². The molecule has 3 amide bonds. The van der Waals surface area contributed by atoms with Crippen LogP contribution in [0.15, 0.2) is 30.4 Å². The predicted molar refractivity (Wildman–Crippen MR) is 165 cm³/mol. The third-order valence-corrected chi connectivity index (χ3v) is 9.41. The Hall–Kier alpha value is -2.82. The number of carbonyl (C=O) groups excluding carboxylic acids is 3. The number of nitrogens with zero attached hydrogens (tertiary/aromatic N) is 3. The lowest BCUT2D eigenvalue weighted by atomic mass is 9.97. The second-order valence-electron chi connectivity index (χ2n) is 11.5. The largest absolute Gasteiger partial charge is 0.350 e. The molecule has 41 heavy (non-hydrogen) atoms. The maximum Gasteiger partial charge on any atom is 0.247 e. The Labute approximate surface area is 248 Å². The van der Waals surface area contributed by atoms with Gasteiger partial charge in [-0.3, -0.25) is 19.3 Å². The van der Waals surface area contributed by atoms with Crippen LogP contribution in [0.2, 0.25) is 0 Å². The number of likely N-dealkylation sites (N-methyl/N-ethyl adjacent to an activating group) is 1. The second kappa shape index (κ2) is 14.9. The highest BCUT2D eigenvalue weighted by atomic mass is 32.1. The Morgan fingerprint density at radius 3 is 2.51 bits per heavy atom. The molecular weight excluding hydrogens is 536 g/mol.